The van der Waals surface area contributed by atoms with Crippen molar-refractivity contribution >= 4 is 44.9 Å². The summed E-state index contributed by atoms with van der Waals surface area (Å²) in [5.41, 5.74) is 13.0. The molecule has 5 N–H and O–H groups in total. The van der Waals surface area contributed by atoms with Gasteiger partial charge in [0.15, 0.2) is 0 Å². The zero-order chi connectivity index (χ0) is 22.2. The second kappa shape index (κ2) is 7.84. The molecule has 5 heterocycles. The lowest BCUT2D eigenvalue weighted by Crippen LogP contribution is -2.62. The van der Waals surface area contributed by atoms with Crippen molar-refractivity contribution in [3.8, 4) is 17.4 Å². The van der Waals surface area contributed by atoms with Gasteiger partial charge < -0.3 is 20.6 Å². The molecule has 0 unspecified atom stereocenters. The molecule has 32 heavy (non-hydrogen) atoms. The van der Waals surface area contributed by atoms with Crippen LogP contribution in [-0.2, 0) is 4.74 Å². The fourth-order valence-corrected chi connectivity index (χ4v) is 4.48. The molecule has 162 valence electrons. The number of furan rings is 1. The Morgan fingerprint density at radius 1 is 1.34 bits per heavy atom. The number of morpholine rings is 1. The molecule has 1 saturated heterocycles. The van der Waals surface area contributed by atoms with Gasteiger partial charge in [-0.2, -0.15) is 5.26 Å². The maximum atomic E-state index is 13.0. The highest BCUT2D eigenvalue weighted by Crippen LogP contribution is 2.42. The molecule has 1 fully saturated rings. The predicted molar refractivity (Wildman–Crippen MR) is 114 cm³/mol. The number of amides is 1. The number of carbonyl (C=O) groups is 1. The molecule has 0 aliphatic carbocycles. The van der Waals surface area contributed by atoms with Gasteiger partial charge in [-0.3, -0.25) is 14.6 Å². The molecule has 0 bridgehead atoms. The van der Waals surface area contributed by atoms with Crippen LogP contribution in [0.2, 0.25) is 0 Å². The van der Waals surface area contributed by atoms with Crippen molar-refractivity contribution in [2.24, 2.45) is 0 Å². The zero-order valence-corrected chi connectivity index (χ0v) is 17.4. The van der Waals surface area contributed by atoms with Crippen molar-refractivity contribution in [2.75, 3.05) is 48.1 Å². The molecule has 0 spiro atoms. The standard InChI is InChI=1S/C19H16N8O4S/c20-8-10-13(11-2-1-5-30-11)14-15(21)16(32-19(14)24-17(10)22)18(28)23-12-9-27(25-31-12)26-3-6-29-7-4-26/h1-2,5,9H,3-4,6-7H2,(H4-,21,22,23,24,25,28)/p+1. The number of aromatic nitrogens is 3. The Labute approximate surface area is 184 Å². The molecular weight excluding hydrogens is 436 g/mol. The normalized spacial score (nSPS) is 13.9. The second-order valence-corrected chi connectivity index (χ2v) is 7.87. The minimum absolute atomic E-state index is 0.0291. The molecule has 12 nitrogen and oxygen atoms in total. The summed E-state index contributed by atoms with van der Waals surface area (Å²) in [7, 11) is 0. The minimum atomic E-state index is -0.502. The van der Waals surface area contributed by atoms with Crippen molar-refractivity contribution in [2.45, 2.75) is 0 Å². The average molecular weight is 453 g/mol. The fourth-order valence-electron chi connectivity index (χ4n) is 3.47. The Morgan fingerprint density at radius 3 is 2.88 bits per heavy atom. The van der Waals surface area contributed by atoms with Gasteiger partial charge in [0.25, 0.3) is 12.1 Å². The van der Waals surface area contributed by atoms with Crippen molar-refractivity contribution in [1.82, 2.24) is 10.3 Å². The lowest BCUT2D eigenvalue weighted by Gasteiger charge is -2.18. The minimum Gasteiger partial charge on any atom is -0.464 e. The summed E-state index contributed by atoms with van der Waals surface area (Å²) in [5.74, 6) is 0.0772. The first-order chi connectivity index (χ1) is 15.6. The van der Waals surface area contributed by atoms with E-state index in [1.165, 1.54) is 11.1 Å². The molecule has 0 saturated carbocycles. The Bertz CT molecular complexity index is 1350. The number of ether oxygens (including phenoxy) is 1. The van der Waals surface area contributed by atoms with Crippen LogP contribution in [-0.4, -0.2) is 42.5 Å². The molecule has 0 atom stereocenters. The summed E-state index contributed by atoms with van der Waals surface area (Å²) in [5, 5.41) is 18.5. The number of anilines is 3. The number of pyridine rings is 1. The van der Waals surface area contributed by atoms with Crippen molar-refractivity contribution in [1.29, 1.82) is 5.26 Å². The Balaban J connectivity index is 1.51. The van der Waals surface area contributed by atoms with Crippen LogP contribution in [0.5, 0.6) is 0 Å². The number of fused-ring (bicyclic) bond motifs is 1. The largest absolute Gasteiger partial charge is 0.464 e. The number of carbonyl (C=O) groups excluding carboxylic acids is 1. The first-order valence-electron chi connectivity index (χ1n) is 9.55. The van der Waals surface area contributed by atoms with E-state index in [1.54, 1.807) is 18.3 Å². The van der Waals surface area contributed by atoms with Crippen LogP contribution >= 0.6 is 11.3 Å². The van der Waals surface area contributed by atoms with Gasteiger partial charge in [0.2, 0.25) is 5.27 Å². The topological polar surface area (TPSA) is 173 Å². The van der Waals surface area contributed by atoms with Crippen LogP contribution in [0.3, 0.4) is 0 Å². The number of hydrogen-bond donors (Lipinski definition) is 3. The number of nitrogens with two attached hydrogens (primary N) is 2. The summed E-state index contributed by atoms with van der Waals surface area (Å²) in [4.78, 5) is 19.4. The fraction of sp³-hybridized carbons (Fsp3) is 0.211. The van der Waals surface area contributed by atoms with E-state index in [1.807, 2.05) is 11.1 Å². The third kappa shape index (κ3) is 3.27. The maximum Gasteiger partial charge on any atom is 0.306 e. The van der Waals surface area contributed by atoms with E-state index in [9.17, 15) is 10.1 Å². The van der Waals surface area contributed by atoms with Gasteiger partial charge >= 0.3 is 5.88 Å². The van der Waals surface area contributed by atoms with E-state index < -0.39 is 5.91 Å². The van der Waals surface area contributed by atoms with Gasteiger partial charge in [0, 0.05) is 5.39 Å². The third-order valence-electron chi connectivity index (χ3n) is 4.96. The number of rotatable bonds is 4. The van der Waals surface area contributed by atoms with Crippen molar-refractivity contribution in [3.63, 3.8) is 0 Å². The van der Waals surface area contributed by atoms with E-state index in [-0.39, 0.29) is 27.8 Å². The lowest BCUT2D eigenvalue weighted by molar-refractivity contribution is -0.759. The number of thiophene rings is 1. The molecule has 1 aliphatic heterocycles. The Hall–Kier alpha value is -4.15. The highest BCUT2D eigenvalue weighted by molar-refractivity contribution is 7.21. The maximum absolute atomic E-state index is 13.0. The molecule has 0 aromatic carbocycles. The van der Waals surface area contributed by atoms with E-state index >= 15 is 0 Å². The first kappa shape index (κ1) is 19.8. The van der Waals surface area contributed by atoms with Gasteiger partial charge in [-0.15, -0.1) is 16.3 Å². The van der Waals surface area contributed by atoms with Gasteiger partial charge in [0.1, 0.15) is 32.9 Å². The van der Waals surface area contributed by atoms with Gasteiger partial charge in [-0.1, -0.05) is 0 Å². The zero-order valence-electron chi connectivity index (χ0n) is 16.6. The number of nitrogens with zero attached hydrogens (tertiary/aromatic N) is 5. The molecule has 0 radical (unpaired) electrons. The second-order valence-electron chi connectivity index (χ2n) is 6.87. The van der Waals surface area contributed by atoms with Crippen molar-refractivity contribution in [3.05, 3.63) is 35.0 Å². The van der Waals surface area contributed by atoms with Crippen LogP contribution < -0.4 is 26.6 Å². The van der Waals surface area contributed by atoms with Crippen LogP contribution in [0.4, 0.5) is 17.4 Å². The van der Waals surface area contributed by atoms with Gasteiger partial charge in [-0.05, 0) is 12.1 Å². The number of nitrogens with one attached hydrogen (secondary N) is 1. The third-order valence-corrected chi connectivity index (χ3v) is 6.06. The number of nitriles is 1. The quantitative estimate of drug-likeness (QED) is 0.379. The summed E-state index contributed by atoms with van der Waals surface area (Å²) in [6, 6.07) is 5.41. The summed E-state index contributed by atoms with van der Waals surface area (Å²) in [6.07, 6.45) is 3.04. The van der Waals surface area contributed by atoms with E-state index in [0.717, 1.165) is 11.3 Å². The molecule has 1 aliphatic rings. The molecule has 4 aromatic heterocycles. The molecular formula is C19H17N8O4S+. The van der Waals surface area contributed by atoms with Crippen LogP contribution in [0.15, 0.2) is 33.5 Å². The first-order valence-corrected chi connectivity index (χ1v) is 10.4. The van der Waals surface area contributed by atoms with Crippen LogP contribution in [0.25, 0.3) is 21.5 Å². The monoisotopic (exact) mass is 453 g/mol. The van der Waals surface area contributed by atoms with Crippen LogP contribution in [0, 0.1) is 11.3 Å². The molecule has 5 rings (SSSR count). The predicted octanol–water partition coefficient (Wildman–Crippen LogP) is 1.09. The van der Waals surface area contributed by atoms with E-state index in [2.05, 4.69) is 15.6 Å². The Kier molecular flexibility index (Phi) is 4.85. The van der Waals surface area contributed by atoms with Gasteiger partial charge in [0.05, 0.1) is 48.6 Å². The Morgan fingerprint density at radius 2 is 2.16 bits per heavy atom. The lowest BCUT2D eigenvalue weighted by atomic mass is 10.0. The molecule has 13 heteroatoms. The average Bonchev–Trinajstić information content (AvgIpc) is 3.54. The number of nitrogen functional groups attached to an aromatic ring is 2. The van der Waals surface area contributed by atoms with E-state index in [0.29, 0.717) is 47.8 Å². The molecule has 4 aromatic rings. The summed E-state index contributed by atoms with van der Waals surface area (Å²) < 4.78 is 16.0. The highest BCUT2D eigenvalue weighted by Gasteiger charge is 2.28. The SMILES string of the molecule is N#Cc1c(N)nc2sc(C(=O)Nc3c[n+](N4CCOCC4)no3)c(N)c2c1-c1ccco1. The molecule has 1 amide bonds. The summed E-state index contributed by atoms with van der Waals surface area (Å²) in [6.45, 7) is 2.47. The van der Waals surface area contributed by atoms with Crippen LogP contribution in [0.1, 0.15) is 15.2 Å². The number of hydrogen-bond acceptors (Lipinski definition) is 11. The summed E-state index contributed by atoms with van der Waals surface area (Å²) >= 11 is 1.06. The van der Waals surface area contributed by atoms with E-state index in [4.69, 9.17) is 25.1 Å². The van der Waals surface area contributed by atoms with Gasteiger partial charge in [-0.25, -0.2) is 4.98 Å². The smallest absolute Gasteiger partial charge is 0.306 e. The highest BCUT2D eigenvalue weighted by atomic mass is 32.1. The van der Waals surface area contributed by atoms with Crippen molar-refractivity contribution < 1.29 is 23.3 Å².